The van der Waals surface area contributed by atoms with Crippen molar-refractivity contribution >= 4 is 22.6 Å². The van der Waals surface area contributed by atoms with Crippen LogP contribution in [0.4, 0.5) is 0 Å². The molecule has 0 aliphatic carbocycles. The molecule has 0 unspecified atom stereocenters. The summed E-state index contributed by atoms with van der Waals surface area (Å²) in [5, 5.41) is 3.98. The number of para-hydroxylation sites is 1. The minimum Gasteiger partial charge on any atom is -0.355 e. The van der Waals surface area contributed by atoms with E-state index in [0.717, 1.165) is 6.42 Å². The zero-order chi connectivity index (χ0) is 13.8. The number of aryl methyl sites for hydroxylation is 1. The zero-order valence-electron chi connectivity index (χ0n) is 11.3. The fourth-order valence-corrected chi connectivity index (χ4v) is 2.25. The molecule has 0 radical (unpaired) electrons. The molecule has 1 aromatic heterocycles. The van der Waals surface area contributed by atoms with Crippen molar-refractivity contribution in [3.8, 4) is 0 Å². The first-order valence-corrected chi connectivity index (χ1v) is 6.37. The summed E-state index contributed by atoms with van der Waals surface area (Å²) in [6, 6.07) is 8.19. The molecule has 0 fully saturated rings. The van der Waals surface area contributed by atoms with Crippen molar-refractivity contribution in [3.05, 3.63) is 36.0 Å². The molecule has 0 spiro atoms. The number of nitrogens with one attached hydrogen (secondary N) is 1. The molecule has 0 aliphatic rings. The molecular formula is C15H18N2O2. The second-order valence-electron chi connectivity index (χ2n) is 4.76. The Labute approximate surface area is 112 Å². The fourth-order valence-electron chi connectivity index (χ4n) is 2.25. The Morgan fingerprint density at radius 2 is 2.00 bits per heavy atom. The van der Waals surface area contributed by atoms with Gasteiger partial charge in [0, 0.05) is 30.7 Å². The molecule has 0 atom stereocenters. The molecule has 2 aromatic rings. The van der Waals surface area contributed by atoms with Gasteiger partial charge in [0.25, 0.3) is 0 Å². The lowest BCUT2D eigenvalue weighted by Crippen LogP contribution is -2.27. The Morgan fingerprint density at radius 3 is 2.74 bits per heavy atom. The van der Waals surface area contributed by atoms with Gasteiger partial charge in [0.05, 0.1) is 6.42 Å². The quantitative estimate of drug-likeness (QED) is 0.832. The summed E-state index contributed by atoms with van der Waals surface area (Å²) in [6.07, 6.45) is 2.82. The molecule has 100 valence electrons. The lowest BCUT2D eigenvalue weighted by Gasteiger charge is -2.03. The molecule has 0 bridgehead atoms. The summed E-state index contributed by atoms with van der Waals surface area (Å²) in [5.41, 5.74) is 2.40. The van der Waals surface area contributed by atoms with Crippen LogP contribution in [0.15, 0.2) is 30.5 Å². The summed E-state index contributed by atoms with van der Waals surface area (Å²) in [5.74, 6) is -0.310. The number of benzene rings is 1. The van der Waals surface area contributed by atoms with Crippen molar-refractivity contribution in [2.24, 2.45) is 7.05 Å². The molecule has 1 heterocycles. The number of hydrogen-bond acceptors (Lipinski definition) is 2. The largest absolute Gasteiger partial charge is 0.355 e. The third kappa shape index (κ3) is 3.22. The summed E-state index contributed by atoms with van der Waals surface area (Å²) < 4.78 is 2.09. The number of carbonyl (C=O) groups is 2. The molecule has 1 amide bonds. The maximum absolute atomic E-state index is 11.4. The number of hydrogen-bond donors (Lipinski definition) is 1. The fraction of sp³-hybridized carbons (Fsp3) is 0.333. The maximum atomic E-state index is 11.4. The van der Waals surface area contributed by atoms with E-state index in [4.69, 9.17) is 0 Å². The van der Waals surface area contributed by atoms with Crippen molar-refractivity contribution < 1.29 is 9.59 Å². The van der Waals surface area contributed by atoms with E-state index in [0.29, 0.717) is 6.54 Å². The summed E-state index contributed by atoms with van der Waals surface area (Å²) in [6.45, 7) is 1.98. The zero-order valence-corrected chi connectivity index (χ0v) is 11.3. The maximum Gasteiger partial charge on any atom is 0.227 e. The lowest BCUT2D eigenvalue weighted by atomic mass is 10.1. The van der Waals surface area contributed by atoms with Gasteiger partial charge in [-0.2, -0.15) is 0 Å². The van der Waals surface area contributed by atoms with Crippen LogP contribution in [0.1, 0.15) is 18.9 Å². The Bertz CT molecular complexity index is 614. The van der Waals surface area contributed by atoms with Gasteiger partial charge < -0.3 is 9.88 Å². The minimum atomic E-state index is -0.201. The third-order valence-electron chi connectivity index (χ3n) is 3.11. The van der Waals surface area contributed by atoms with Crippen LogP contribution in [0.25, 0.3) is 10.9 Å². The highest BCUT2D eigenvalue weighted by molar-refractivity contribution is 5.96. The van der Waals surface area contributed by atoms with Gasteiger partial charge >= 0.3 is 0 Å². The van der Waals surface area contributed by atoms with Gasteiger partial charge in [-0.1, -0.05) is 18.2 Å². The van der Waals surface area contributed by atoms with Gasteiger partial charge in [0.2, 0.25) is 5.91 Å². The predicted molar refractivity (Wildman–Crippen MR) is 74.9 cm³/mol. The average Bonchev–Trinajstić information content (AvgIpc) is 2.66. The smallest absolute Gasteiger partial charge is 0.227 e. The molecule has 4 heteroatoms. The van der Waals surface area contributed by atoms with E-state index in [1.54, 1.807) is 0 Å². The SMILES string of the molecule is CC(=O)CC(=O)NCCc1cn(C)c2ccccc12. The highest BCUT2D eigenvalue weighted by Gasteiger charge is 2.07. The molecule has 0 saturated heterocycles. The number of amides is 1. The lowest BCUT2D eigenvalue weighted by molar-refractivity contribution is -0.127. The molecule has 0 aliphatic heterocycles. The van der Waals surface area contributed by atoms with Crippen molar-refractivity contribution in [1.82, 2.24) is 9.88 Å². The van der Waals surface area contributed by atoms with Crippen molar-refractivity contribution in [2.45, 2.75) is 19.8 Å². The number of aromatic nitrogens is 1. The van der Waals surface area contributed by atoms with E-state index < -0.39 is 0 Å². The Kier molecular flexibility index (Phi) is 4.00. The number of nitrogens with zero attached hydrogens (tertiary/aromatic N) is 1. The summed E-state index contributed by atoms with van der Waals surface area (Å²) in [7, 11) is 2.01. The molecular weight excluding hydrogens is 240 g/mol. The van der Waals surface area contributed by atoms with Gasteiger partial charge in [0.15, 0.2) is 0 Å². The number of Topliss-reactive ketones (excluding diaryl/α,β-unsaturated/α-hetero) is 1. The number of carbonyl (C=O) groups excluding carboxylic acids is 2. The van der Waals surface area contributed by atoms with Crippen LogP contribution in [0.5, 0.6) is 0 Å². The second-order valence-corrected chi connectivity index (χ2v) is 4.76. The van der Waals surface area contributed by atoms with Crippen LogP contribution in [0.3, 0.4) is 0 Å². The Morgan fingerprint density at radius 1 is 1.26 bits per heavy atom. The molecule has 1 aromatic carbocycles. The minimum absolute atomic E-state index is 0.0322. The second kappa shape index (κ2) is 5.69. The van der Waals surface area contributed by atoms with Gasteiger partial charge in [-0.15, -0.1) is 0 Å². The first-order chi connectivity index (χ1) is 9.08. The summed E-state index contributed by atoms with van der Waals surface area (Å²) >= 11 is 0. The van der Waals surface area contributed by atoms with E-state index in [1.165, 1.54) is 23.4 Å². The van der Waals surface area contributed by atoms with Gasteiger partial charge in [0.1, 0.15) is 5.78 Å². The van der Waals surface area contributed by atoms with Crippen LogP contribution in [-0.4, -0.2) is 22.8 Å². The Balaban J connectivity index is 1.99. The van der Waals surface area contributed by atoms with E-state index in [1.807, 2.05) is 19.2 Å². The normalized spacial score (nSPS) is 10.6. The van der Waals surface area contributed by atoms with Gasteiger partial charge in [-0.25, -0.2) is 0 Å². The van der Waals surface area contributed by atoms with E-state index in [2.05, 4.69) is 28.2 Å². The van der Waals surface area contributed by atoms with Crippen LogP contribution >= 0.6 is 0 Å². The Hall–Kier alpha value is -2.10. The van der Waals surface area contributed by atoms with E-state index in [9.17, 15) is 9.59 Å². The number of fused-ring (bicyclic) bond motifs is 1. The first kappa shape index (κ1) is 13.3. The highest BCUT2D eigenvalue weighted by Crippen LogP contribution is 2.20. The van der Waals surface area contributed by atoms with Crippen molar-refractivity contribution in [1.29, 1.82) is 0 Å². The molecule has 4 nitrogen and oxygen atoms in total. The number of ketones is 1. The molecule has 2 rings (SSSR count). The van der Waals surface area contributed by atoms with Crippen LogP contribution < -0.4 is 5.32 Å². The van der Waals surface area contributed by atoms with Crippen LogP contribution in [0, 0.1) is 0 Å². The monoisotopic (exact) mass is 258 g/mol. The molecule has 0 saturated carbocycles. The molecule has 19 heavy (non-hydrogen) atoms. The van der Waals surface area contributed by atoms with Crippen molar-refractivity contribution in [3.63, 3.8) is 0 Å². The van der Waals surface area contributed by atoms with Gasteiger partial charge in [-0.05, 0) is 25.0 Å². The van der Waals surface area contributed by atoms with Crippen molar-refractivity contribution in [2.75, 3.05) is 6.54 Å². The topological polar surface area (TPSA) is 51.1 Å². The van der Waals surface area contributed by atoms with E-state index in [-0.39, 0.29) is 18.1 Å². The first-order valence-electron chi connectivity index (χ1n) is 6.37. The molecule has 1 N–H and O–H groups in total. The van der Waals surface area contributed by atoms with E-state index >= 15 is 0 Å². The summed E-state index contributed by atoms with van der Waals surface area (Å²) in [4.78, 5) is 22.2. The standard InChI is InChI=1S/C15H18N2O2/c1-11(18)9-15(19)16-8-7-12-10-17(2)14-6-4-3-5-13(12)14/h3-6,10H,7-9H2,1-2H3,(H,16,19). The third-order valence-corrected chi connectivity index (χ3v) is 3.11. The van der Waals surface area contributed by atoms with Crippen LogP contribution in [0.2, 0.25) is 0 Å². The average molecular weight is 258 g/mol. The highest BCUT2D eigenvalue weighted by atomic mass is 16.2. The predicted octanol–water partition coefficient (Wildman–Crippen LogP) is 1.82. The van der Waals surface area contributed by atoms with Crippen LogP contribution in [-0.2, 0) is 23.1 Å². The number of rotatable bonds is 5. The van der Waals surface area contributed by atoms with Gasteiger partial charge in [-0.3, -0.25) is 9.59 Å².